The van der Waals surface area contributed by atoms with Gasteiger partial charge in [-0.05, 0) is 17.7 Å². The molecule has 1 aromatic heterocycles. The van der Waals surface area contributed by atoms with Crippen LogP contribution >= 0.6 is 0 Å². The maximum absolute atomic E-state index is 13.0. The molecule has 0 radical (unpaired) electrons. The molecule has 1 N–H and O–H groups in total. The largest absolute Gasteiger partial charge is 0.329 e. The van der Waals surface area contributed by atoms with Gasteiger partial charge in [-0.3, -0.25) is 19.5 Å². The molecule has 0 aliphatic carbocycles. The van der Waals surface area contributed by atoms with Crippen molar-refractivity contribution in [1.29, 1.82) is 0 Å². The van der Waals surface area contributed by atoms with Crippen molar-refractivity contribution in [2.45, 2.75) is 19.9 Å². The van der Waals surface area contributed by atoms with Gasteiger partial charge >= 0.3 is 0 Å². The van der Waals surface area contributed by atoms with Crippen LogP contribution in [0.4, 0.5) is 5.95 Å². The Morgan fingerprint density at radius 3 is 2.12 bits per heavy atom. The Labute approximate surface area is 193 Å². The van der Waals surface area contributed by atoms with E-state index in [0.717, 1.165) is 22.5 Å². The van der Waals surface area contributed by atoms with Crippen molar-refractivity contribution >= 4 is 17.8 Å². The first-order valence-electron chi connectivity index (χ1n) is 11.0. The summed E-state index contributed by atoms with van der Waals surface area (Å²) in [5.41, 5.74) is 3.56. The summed E-state index contributed by atoms with van der Waals surface area (Å²) in [4.78, 5) is 31.8. The number of para-hydroxylation sites is 1. The third kappa shape index (κ3) is 5.54. The Bertz CT molecular complexity index is 1200. The Kier molecular flexibility index (Phi) is 6.95. The average molecular weight is 439 g/mol. The van der Waals surface area contributed by atoms with Crippen molar-refractivity contribution in [1.82, 2.24) is 14.5 Å². The van der Waals surface area contributed by atoms with Crippen molar-refractivity contribution in [3.63, 3.8) is 0 Å². The lowest BCUT2D eigenvalue weighted by Crippen LogP contribution is -2.37. The van der Waals surface area contributed by atoms with Crippen LogP contribution in [0.2, 0.25) is 0 Å². The third-order valence-electron chi connectivity index (χ3n) is 5.27. The molecule has 2 amide bonds. The second-order valence-electron chi connectivity index (χ2n) is 7.66. The van der Waals surface area contributed by atoms with E-state index in [4.69, 9.17) is 0 Å². The highest BCUT2D eigenvalue weighted by atomic mass is 16.2. The maximum atomic E-state index is 13.0. The van der Waals surface area contributed by atoms with Crippen LogP contribution in [0, 0.1) is 0 Å². The van der Waals surface area contributed by atoms with Gasteiger partial charge in [0.2, 0.25) is 17.8 Å². The van der Waals surface area contributed by atoms with E-state index in [0.29, 0.717) is 18.9 Å². The van der Waals surface area contributed by atoms with E-state index < -0.39 is 0 Å². The zero-order valence-electron chi connectivity index (χ0n) is 18.5. The van der Waals surface area contributed by atoms with Crippen LogP contribution in [0.5, 0.6) is 0 Å². The molecule has 4 aromatic rings. The highest BCUT2D eigenvalue weighted by Gasteiger charge is 2.19. The van der Waals surface area contributed by atoms with E-state index >= 15 is 0 Å². The minimum Gasteiger partial charge on any atom is -0.329 e. The first kappa shape index (κ1) is 22.0. The molecular formula is C27H26N4O2. The van der Waals surface area contributed by atoms with Gasteiger partial charge in [0.05, 0.1) is 5.69 Å². The molecule has 0 bridgehead atoms. The number of hydrogen-bond donors (Lipinski definition) is 1. The summed E-state index contributed by atoms with van der Waals surface area (Å²) in [5.74, 6) is 0.0363. The van der Waals surface area contributed by atoms with Crippen LogP contribution < -0.4 is 5.32 Å². The number of carbonyl (C=O) groups is 2. The van der Waals surface area contributed by atoms with Gasteiger partial charge in [0.15, 0.2) is 0 Å². The summed E-state index contributed by atoms with van der Waals surface area (Å²) >= 11 is 0. The predicted octanol–water partition coefficient (Wildman–Crippen LogP) is 4.92. The van der Waals surface area contributed by atoms with Crippen LogP contribution in [0.3, 0.4) is 0 Å². The second-order valence-corrected chi connectivity index (χ2v) is 7.66. The Balaban J connectivity index is 1.58. The summed E-state index contributed by atoms with van der Waals surface area (Å²) in [5, 5.41) is 2.91. The number of imidazole rings is 1. The fraction of sp³-hybridized carbons (Fsp3) is 0.148. The third-order valence-corrected chi connectivity index (χ3v) is 5.27. The zero-order valence-corrected chi connectivity index (χ0v) is 18.5. The van der Waals surface area contributed by atoms with E-state index in [1.165, 1.54) is 0 Å². The van der Waals surface area contributed by atoms with Gasteiger partial charge in [0, 0.05) is 30.4 Å². The van der Waals surface area contributed by atoms with Crippen LogP contribution in [-0.2, 0) is 16.1 Å². The standard InChI is InChI=1S/C27H26N4O2/c1-2-26(33)30(18-21-12-6-3-7-13-21)20-25(32)29-27-28-24(22-14-8-4-9-15-22)19-31(27)23-16-10-5-11-17-23/h3-17,19H,2,18,20H2,1H3,(H,28,29,32). The molecule has 0 spiro atoms. The van der Waals surface area contributed by atoms with Crippen molar-refractivity contribution < 1.29 is 9.59 Å². The van der Waals surface area contributed by atoms with Gasteiger partial charge in [0.25, 0.3) is 0 Å². The molecule has 166 valence electrons. The van der Waals surface area contributed by atoms with Crippen molar-refractivity contribution in [2.75, 3.05) is 11.9 Å². The molecule has 4 rings (SSSR count). The number of nitrogens with zero attached hydrogens (tertiary/aromatic N) is 3. The smallest absolute Gasteiger partial charge is 0.246 e. The molecule has 1 heterocycles. The summed E-state index contributed by atoms with van der Waals surface area (Å²) in [6.45, 7) is 2.12. The second kappa shape index (κ2) is 10.4. The molecule has 6 heteroatoms. The molecule has 0 saturated carbocycles. The predicted molar refractivity (Wildman–Crippen MR) is 130 cm³/mol. The number of benzene rings is 3. The summed E-state index contributed by atoms with van der Waals surface area (Å²) in [7, 11) is 0. The molecule has 6 nitrogen and oxygen atoms in total. The van der Waals surface area contributed by atoms with Crippen LogP contribution in [0.15, 0.2) is 97.2 Å². The summed E-state index contributed by atoms with van der Waals surface area (Å²) in [6.07, 6.45) is 2.23. The monoisotopic (exact) mass is 438 g/mol. The van der Waals surface area contributed by atoms with E-state index in [-0.39, 0.29) is 18.4 Å². The van der Waals surface area contributed by atoms with Gasteiger partial charge in [-0.15, -0.1) is 0 Å². The Morgan fingerprint density at radius 1 is 0.879 bits per heavy atom. The Hall–Kier alpha value is -4.19. The van der Waals surface area contributed by atoms with Crippen LogP contribution in [0.25, 0.3) is 16.9 Å². The van der Waals surface area contributed by atoms with Crippen molar-refractivity contribution in [3.05, 3.63) is 103 Å². The van der Waals surface area contributed by atoms with E-state index in [1.807, 2.05) is 102 Å². The summed E-state index contributed by atoms with van der Waals surface area (Å²) in [6, 6.07) is 29.2. The number of hydrogen-bond acceptors (Lipinski definition) is 3. The van der Waals surface area contributed by atoms with Crippen LogP contribution in [-0.4, -0.2) is 32.8 Å². The number of aromatic nitrogens is 2. The van der Waals surface area contributed by atoms with E-state index in [2.05, 4.69) is 10.3 Å². The van der Waals surface area contributed by atoms with Crippen LogP contribution in [0.1, 0.15) is 18.9 Å². The summed E-state index contributed by atoms with van der Waals surface area (Å²) < 4.78 is 1.85. The van der Waals surface area contributed by atoms with Gasteiger partial charge in [0.1, 0.15) is 6.54 Å². The molecule has 3 aromatic carbocycles. The van der Waals surface area contributed by atoms with E-state index in [9.17, 15) is 9.59 Å². The number of anilines is 1. The SMILES string of the molecule is CCC(=O)N(CC(=O)Nc1nc(-c2ccccc2)cn1-c1ccccc1)Cc1ccccc1. The molecular weight excluding hydrogens is 412 g/mol. The molecule has 0 unspecified atom stereocenters. The molecule has 0 aliphatic heterocycles. The quantitative estimate of drug-likeness (QED) is 0.425. The molecule has 0 fully saturated rings. The molecule has 33 heavy (non-hydrogen) atoms. The number of carbonyl (C=O) groups excluding carboxylic acids is 2. The normalized spacial score (nSPS) is 10.6. The van der Waals surface area contributed by atoms with Gasteiger partial charge in [-0.2, -0.15) is 0 Å². The van der Waals surface area contributed by atoms with Gasteiger partial charge in [-0.25, -0.2) is 4.98 Å². The number of rotatable bonds is 8. The topological polar surface area (TPSA) is 67.2 Å². The number of nitrogens with one attached hydrogen (secondary N) is 1. The van der Waals surface area contributed by atoms with Crippen molar-refractivity contribution in [2.24, 2.45) is 0 Å². The van der Waals surface area contributed by atoms with Gasteiger partial charge < -0.3 is 4.90 Å². The maximum Gasteiger partial charge on any atom is 0.246 e. The van der Waals surface area contributed by atoms with Crippen molar-refractivity contribution in [3.8, 4) is 16.9 Å². The van der Waals surface area contributed by atoms with Gasteiger partial charge in [-0.1, -0.05) is 85.8 Å². The highest BCUT2D eigenvalue weighted by molar-refractivity contribution is 5.93. The first-order valence-corrected chi connectivity index (χ1v) is 11.0. The molecule has 0 aliphatic rings. The number of amides is 2. The minimum atomic E-state index is -0.296. The Morgan fingerprint density at radius 2 is 1.48 bits per heavy atom. The zero-order chi connectivity index (χ0) is 23.0. The molecule has 0 saturated heterocycles. The first-order chi connectivity index (χ1) is 16.1. The lowest BCUT2D eigenvalue weighted by molar-refractivity contribution is -0.135. The van der Waals surface area contributed by atoms with E-state index in [1.54, 1.807) is 11.8 Å². The fourth-order valence-electron chi connectivity index (χ4n) is 3.60. The highest BCUT2D eigenvalue weighted by Crippen LogP contribution is 2.24. The minimum absolute atomic E-state index is 0.0517. The lowest BCUT2D eigenvalue weighted by Gasteiger charge is -2.22. The lowest BCUT2D eigenvalue weighted by atomic mass is 10.2. The average Bonchev–Trinajstić information content (AvgIpc) is 3.28. The fourth-order valence-corrected chi connectivity index (χ4v) is 3.60. The molecule has 0 atom stereocenters.